The van der Waals surface area contributed by atoms with Crippen LogP contribution < -0.4 is 4.90 Å². The summed E-state index contributed by atoms with van der Waals surface area (Å²) < 4.78 is 0. The molecule has 0 amide bonds. The Morgan fingerprint density at radius 1 is 0.265 bits per heavy atom. The molecule has 0 bridgehead atoms. The first-order chi connectivity index (χ1) is 24.3. The monoisotopic (exact) mass is 621 g/mol. The van der Waals surface area contributed by atoms with Gasteiger partial charge in [0.2, 0.25) is 0 Å². The van der Waals surface area contributed by atoms with Gasteiger partial charge in [0.05, 0.1) is 5.69 Å². The van der Waals surface area contributed by atoms with Crippen LogP contribution in [-0.4, -0.2) is 0 Å². The van der Waals surface area contributed by atoms with E-state index in [0.29, 0.717) is 0 Å². The van der Waals surface area contributed by atoms with E-state index < -0.39 is 0 Å². The normalized spacial score (nSPS) is 11.7. The van der Waals surface area contributed by atoms with Crippen LogP contribution in [0.3, 0.4) is 0 Å². The van der Waals surface area contributed by atoms with E-state index in [1.807, 2.05) is 0 Å². The molecule has 228 valence electrons. The fourth-order valence-corrected chi connectivity index (χ4v) is 7.87. The molecule has 0 fully saturated rings. The summed E-state index contributed by atoms with van der Waals surface area (Å²) in [4.78, 5) is 2.43. The van der Waals surface area contributed by atoms with E-state index in [9.17, 15) is 0 Å². The van der Waals surface area contributed by atoms with Gasteiger partial charge in [-0.3, -0.25) is 0 Å². The summed E-state index contributed by atoms with van der Waals surface area (Å²) in [6.45, 7) is 0. The van der Waals surface area contributed by atoms with Crippen LogP contribution in [0.5, 0.6) is 0 Å². The summed E-state index contributed by atoms with van der Waals surface area (Å²) in [5, 5.41) is 15.1. The highest BCUT2D eigenvalue weighted by molar-refractivity contribution is 6.16. The van der Waals surface area contributed by atoms with Gasteiger partial charge in [-0.05, 0) is 101 Å². The molecule has 0 atom stereocenters. The molecule has 0 heterocycles. The van der Waals surface area contributed by atoms with E-state index in [4.69, 9.17) is 0 Å². The van der Waals surface area contributed by atoms with Gasteiger partial charge in [0, 0.05) is 16.8 Å². The van der Waals surface area contributed by atoms with E-state index in [1.54, 1.807) is 0 Å². The van der Waals surface area contributed by atoms with Gasteiger partial charge in [0.15, 0.2) is 0 Å². The third kappa shape index (κ3) is 4.47. The van der Waals surface area contributed by atoms with E-state index in [2.05, 4.69) is 193 Å². The van der Waals surface area contributed by atoms with Crippen molar-refractivity contribution in [1.29, 1.82) is 0 Å². The molecule has 0 radical (unpaired) electrons. The Morgan fingerprint density at radius 3 is 1.49 bits per heavy atom. The Labute approximate surface area is 284 Å². The molecule has 0 aromatic heterocycles. The largest absolute Gasteiger partial charge is 0.310 e. The highest BCUT2D eigenvalue weighted by Crippen LogP contribution is 2.44. The maximum absolute atomic E-state index is 2.43. The van der Waals surface area contributed by atoms with Gasteiger partial charge < -0.3 is 4.90 Å². The van der Waals surface area contributed by atoms with Crippen LogP contribution in [0.2, 0.25) is 0 Å². The van der Waals surface area contributed by atoms with Crippen molar-refractivity contribution in [3.63, 3.8) is 0 Å². The summed E-state index contributed by atoms with van der Waals surface area (Å²) in [6, 6.07) is 68.9. The van der Waals surface area contributed by atoms with Crippen molar-refractivity contribution in [3.05, 3.63) is 188 Å². The van der Waals surface area contributed by atoms with Gasteiger partial charge >= 0.3 is 0 Å². The molecule has 0 saturated heterocycles. The summed E-state index contributed by atoms with van der Waals surface area (Å²) in [5.74, 6) is 0. The highest BCUT2D eigenvalue weighted by atomic mass is 15.1. The molecular weight excluding hydrogens is 591 g/mol. The molecule has 10 rings (SSSR count). The first-order valence-corrected chi connectivity index (χ1v) is 16.9. The van der Waals surface area contributed by atoms with Crippen LogP contribution >= 0.6 is 0 Å². The number of nitrogens with zero attached hydrogens (tertiary/aromatic N) is 1. The first-order valence-electron chi connectivity index (χ1n) is 16.9. The minimum atomic E-state index is 1.12. The lowest BCUT2D eigenvalue weighted by atomic mass is 9.94. The zero-order valence-corrected chi connectivity index (χ0v) is 26.8. The molecule has 0 aliphatic heterocycles. The molecular formula is C48H31N. The van der Waals surface area contributed by atoms with Crippen molar-refractivity contribution in [3.8, 4) is 11.1 Å². The van der Waals surface area contributed by atoms with E-state index in [1.165, 1.54) is 81.4 Å². The van der Waals surface area contributed by atoms with Crippen LogP contribution in [-0.2, 0) is 0 Å². The Bertz CT molecular complexity index is 2880. The van der Waals surface area contributed by atoms with Gasteiger partial charge in [0.25, 0.3) is 0 Å². The maximum Gasteiger partial charge on any atom is 0.0546 e. The lowest BCUT2D eigenvalue weighted by Gasteiger charge is -2.28. The number of hydrogen-bond donors (Lipinski definition) is 0. The first kappa shape index (κ1) is 27.7. The number of benzene rings is 10. The number of rotatable bonds is 4. The fraction of sp³-hybridized carbons (Fsp3) is 0. The van der Waals surface area contributed by atoms with Gasteiger partial charge in [0.1, 0.15) is 0 Å². The molecule has 0 unspecified atom stereocenters. The summed E-state index contributed by atoms with van der Waals surface area (Å²) in [6.07, 6.45) is 0. The Hall–Kier alpha value is -6.44. The molecule has 10 aromatic rings. The zero-order valence-electron chi connectivity index (χ0n) is 26.8. The molecule has 0 aliphatic carbocycles. The van der Waals surface area contributed by atoms with Crippen molar-refractivity contribution < 1.29 is 0 Å². The predicted molar refractivity (Wildman–Crippen MR) is 212 cm³/mol. The van der Waals surface area contributed by atoms with Crippen LogP contribution in [0.4, 0.5) is 17.1 Å². The summed E-state index contributed by atoms with van der Waals surface area (Å²) in [5.41, 5.74) is 5.87. The Kier molecular flexibility index (Phi) is 6.25. The Morgan fingerprint density at radius 2 is 0.735 bits per heavy atom. The maximum atomic E-state index is 2.43. The minimum Gasteiger partial charge on any atom is -0.310 e. The molecule has 0 saturated carbocycles. The molecule has 0 aliphatic rings. The van der Waals surface area contributed by atoms with Crippen LogP contribution in [0.25, 0.3) is 75.8 Å². The number of anilines is 3. The highest BCUT2D eigenvalue weighted by Gasteiger charge is 2.18. The summed E-state index contributed by atoms with van der Waals surface area (Å²) >= 11 is 0. The second kappa shape index (κ2) is 11.1. The van der Waals surface area contributed by atoms with Gasteiger partial charge in [-0.2, -0.15) is 0 Å². The molecule has 0 spiro atoms. The second-order valence-electron chi connectivity index (χ2n) is 12.9. The third-order valence-electron chi connectivity index (χ3n) is 10.2. The molecule has 0 N–H and O–H groups in total. The van der Waals surface area contributed by atoms with Crippen LogP contribution in [0, 0.1) is 0 Å². The van der Waals surface area contributed by atoms with Crippen LogP contribution in [0.1, 0.15) is 0 Å². The lowest BCUT2D eigenvalue weighted by Crippen LogP contribution is -2.10. The SMILES string of the molecule is c1ccc2c(c1)ccc1cc(N(c3ccc(-c4cccc5c4ccc4ccccc45)cc3)c3cc4ccccc4c4ccccc34)ccc12. The smallest absolute Gasteiger partial charge is 0.0546 e. The van der Waals surface area contributed by atoms with Gasteiger partial charge in [-0.1, -0.05) is 158 Å². The van der Waals surface area contributed by atoms with E-state index in [-0.39, 0.29) is 0 Å². The molecule has 1 heteroatoms. The number of hydrogen-bond acceptors (Lipinski definition) is 1. The lowest BCUT2D eigenvalue weighted by molar-refractivity contribution is 1.31. The van der Waals surface area contributed by atoms with Crippen LogP contribution in [0.15, 0.2) is 188 Å². The number of fused-ring (bicyclic) bond motifs is 9. The second-order valence-corrected chi connectivity index (χ2v) is 12.9. The summed E-state index contributed by atoms with van der Waals surface area (Å²) in [7, 11) is 0. The predicted octanol–water partition coefficient (Wildman–Crippen LogP) is 13.7. The molecule has 1 nitrogen and oxygen atoms in total. The average molecular weight is 622 g/mol. The van der Waals surface area contributed by atoms with Gasteiger partial charge in [-0.15, -0.1) is 0 Å². The van der Waals surface area contributed by atoms with Crippen molar-refractivity contribution in [1.82, 2.24) is 0 Å². The van der Waals surface area contributed by atoms with Crippen molar-refractivity contribution >= 4 is 81.7 Å². The van der Waals surface area contributed by atoms with Crippen molar-refractivity contribution in [2.24, 2.45) is 0 Å². The minimum absolute atomic E-state index is 1.12. The van der Waals surface area contributed by atoms with Gasteiger partial charge in [-0.25, -0.2) is 0 Å². The van der Waals surface area contributed by atoms with E-state index >= 15 is 0 Å². The van der Waals surface area contributed by atoms with E-state index in [0.717, 1.165) is 11.4 Å². The molecule has 10 aromatic carbocycles. The standard InChI is InChI=1S/C48H31N/c1-4-13-39-32(10-1)20-21-36-30-38(27-29-43(36)39)49(48-31-35-12-3-6-15-42(35)45-16-7-8-17-47(45)48)37-25-22-34(23-26-37)41-18-9-19-44-40-14-5-2-11-33(40)24-28-46(41)44/h1-31H. The average Bonchev–Trinajstić information content (AvgIpc) is 3.18. The zero-order chi connectivity index (χ0) is 32.3. The topological polar surface area (TPSA) is 3.24 Å². The van der Waals surface area contributed by atoms with Crippen molar-refractivity contribution in [2.45, 2.75) is 0 Å². The third-order valence-corrected chi connectivity index (χ3v) is 10.2. The van der Waals surface area contributed by atoms with Crippen molar-refractivity contribution in [2.75, 3.05) is 4.90 Å². The molecule has 49 heavy (non-hydrogen) atoms. The quantitative estimate of drug-likeness (QED) is 0.177. The fourth-order valence-electron chi connectivity index (χ4n) is 7.87. The Balaban J connectivity index is 1.18.